The summed E-state index contributed by atoms with van der Waals surface area (Å²) in [5.74, 6) is -0.195. The molecule has 0 saturated carbocycles. The molecule has 86 valence electrons. The van der Waals surface area contributed by atoms with Crippen molar-refractivity contribution in [3.05, 3.63) is 24.1 Å². The number of rotatable bonds is 3. The number of ether oxygens (including phenoxy) is 1. The second-order valence-corrected chi connectivity index (χ2v) is 3.99. The third kappa shape index (κ3) is 2.11. The highest BCUT2D eigenvalue weighted by Crippen LogP contribution is 2.26. The molecule has 1 aromatic rings. The number of amides is 1. The third-order valence-electron chi connectivity index (χ3n) is 2.42. The summed E-state index contributed by atoms with van der Waals surface area (Å²) in [4.78, 5) is 15.4. The van der Waals surface area contributed by atoms with Crippen molar-refractivity contribution in [1.82, 2.24) is 10.4 Å². The lowest BCUT2D eigenvalue weighted by molar-refractivity contribution is -0.157. The Morgan fingerprint density at radius 1 is 1.56 bits per heavy atom. The monoisotopic (exact) mass is 225 g/mol. The van der Waals surface area contributed by atoms with Crippen LogP contribution in [0.15, 0.2) is 18.3 Å². The minimum absolute atomic E-state index is 0.162. The summed E-state index contributed by atoms with van der Waals surface area (Å²) in [7, 11) is 0. The van der Waals surface area contributed by atoms with E-state index in [2.05, 4.69) is 15.8 Å². The number of pyridine rings is 1. The van der Waals surface area contributed by atoms with Crippen molar-refractivity contribution in [2.45, 2.75) is 6.92 Å². The van der Waals surface area contributed by atoms with E-state index in [1.807, 2.05) is 6.92 Å². The van der Waals surface area contributed by atoms with Crippen LogP contribution in [-0.2, 0) is 9.53 Å². The predicted octanol–water partition coefficient (Wildman–Crippen LogP) is 0.700. The molecule has 0 bridgehead atoms. The lowest BCUT2D eigenvalue weighted by Gasteiger charge is -2.36. The molecular weight excluding hydrogens is 213 g/mol. The summed E-state index contributed by atoms with van der Waals surface area (Å²) in [5.41, 5.74) is 4.64. The van der Waals surface area contributed by atoms with Gasteiger partial charge in [0.15, 0.2) is 0 Å². The third-order valence-corrected chi connectivity index (χ3v) is 2.42. The van der Waals surface area contributed by atoms with Crippen molar-refractivity contribution in [1.29, 1.82) is 0 Å². The van der Waals surface area contributed by atoms with Gasteiger partial charge in [0.25, 0.3) is 0 Å². The maximum atomic E-state index is 12.5. The molecule has 0 spiro atoms. The fourth-order valence-corrected chi connectivity index (χ4v) is 1.26. The zero-order valence-electron chi connectivity index (χ0n) is 8.79. The molecule has 1 saturated heterocycles. The van der Waals surface area contributed by atoms with E-state index in [1.165, 1.54) is 12.1 Å². The Morgan fingerprint density at radius 2 is 2.31 bits per heavy atom. The van der Waals surface area contributed by atoms with E-state index in [-0.39, 0.29) is 5.91 Å². The zero-order chi connectivity index (χ0) is 11.6. The van der Waals surface area contributed by atoms with E-state index in [0.717, 1.165) is 6.20 Å². The molecule has 16 heavy (non-hydrogen) atoms. The molecule has 2 heterocycles. The normalized spacial score (nSPS) is 17.4. The fraction of sp³-hybridized carbons (Fsp3) is 0.400. The predicted molar refractivity (Wildman–Crippen MR) is 54.9 cm³/mol. The van der Waals surface area contributed by atoms with Crippen LogP contribution in [0.1, 0.15) is 6.92 Å². The standard InChI is InChI=1S/C10H12FN3O2/c1-10(5-16-6-10)9(15)14-13-8-3-2-7(11)4-12-8/h2-4H,5-6H2,1H3,(H,12,13)(H,14,15). The lowest BCUT2D eigenvalue weighted by atomic mass is 9.88. The average molecular weight is 225 g/mol. The number of nitrogens with zero attached hydrogens (tertiary/aromatic N) is 1. The SMILES string of the molecule is CC1(C(=O)NNc2ccc(F)cn2)COC1. The molecule has 5 nitrogen and oxygen atoms in total. The highest BCUT2D eigenvalue weighted by atomic mass is 19.1. The van der Waals surface area contributed by atoms with E-state index < -0.39 is 11.2 Å². The van der Waals surface area contributed by atoms with E-state index >= 15 is 0 Å². The number of hydrogen-bond donors (Lipinski definition) is 2. The van der Waals surface area contributed by atoms with Gasteiger partial charge < -0.3 is 4.74 Å². The van der Waals surface area contributed by atoms with Gasteiger partial charge >= 0.3 is 0 Å². The van der Waals surface area contributed by atoms with Crippen LogP contribution >= 0.6 is 0 Å². The molecule has 1 aliphatic rings. The van der Waals surface area contributed by atoms with Gasteiger partial charge in [0.1, 0.15) is 11.6 Å². The Kier molecular flexibility index (Phi) is 2.74. The number of carbonyl (C=O) groups is 1. The molecule has 0 aliphatic carbocycles. The van der Waals surface area contributed by atoms with Crippen LogP contribution < -0.4 is 10.9 Å². The molecule has 2 rings (SSSR count). The largest absolute Gasteiger partial charge is 0.379 e. The first kappa shape index (κ1) is 10.8. The minimum Gasteiger partial charge on any atom is -0.379 e. The van der Waals surface area contributed by atoms with Crippen LogP contribution in [0.3, 0.4) is 0 Å². The number of aromatic nitrogens is 1. The maximum absolute atomic E-state index is 12.5. The van der Waals surface area contributed by atoms with Gasteiger partial charge in [0, 0.05) is 0 Å². The Bertz CT molecular complexity index is 390. The van der Waals surface area contributed by atoms with Crippen LogP contribution in [0.25, 0.3) is 0 Å². The molecule has 1 amide bonds. The van der Waals surface area contributed by atoms with Crippen molar-refractivity contribution >= 4 is 11.7 Å². The first-order valence-corrected chi connectivity index (χ1v) is 4.86. The van der Waals surface area contributed by atoms with Gasteiger partial charge in [-0.05, 0) is 19.1 Å². The van der Waals surface area contributed by atoms with Crippen LogP contribution in [-0.4, -0.2) is 24.1 Å². The summed E-state index contributed by atoms with van der Waals surface area (Å²) < 4.78 is 17.5. The number of nitrogens with one attached hydrogen (secondary N) is 2. The molecule has 0 unspecified atom stereocenters. The summed E-state index contributed by atoms with van der Waals surface area (Å²) in [6.07, 6.45) is 1.07. The van der Waals surface area contributed by atoms with Gasteiger partial charge in [-0.1, -0.05) is 0 Å². The second kappa shape index (κ2) is 4.05. The number of hydrazine groups is 1. The van der Waals surface area contributed by atoms with E-state index in [1.54, 1.807) is 0 Å². The van der Waals surface area contributed by atoms with Crippen molar-refractivity contribution in [2.75, 3.05) is 18.6 Å². The Labute approximate surface area is 92.0 Å². The first-order valence-electron chi connectivity index (χ1n) is 4.86. The van der Waals surface area contributed by atoms with E-state index in [9.17, 15) is 9.18 Å². The number of carbonyl (C=O) groups excluding carboxylic acids is 1. The van der Waals surface area contributed by atoms with Gasteiger partial charge in [-0.3, -0.25) is 15.6 Å². The topological polar surface area (TPSA) is 63.2 Å². The smallest absolute Gasteiger partial charge is 0.248 e. The van der Waals surface area contributed by atoms with Crippen molar-refractivity contribution < 1.29 is 13.9 Å². The summed E-state index contributed by atoms with van der Waals surface area (Å²) in [6.45, 7) is 2.64. The van der Waals surface area contributed by atoms with Crippen LogP contribution in [0, 0.1) is 11.2 Å². The highest BCUT2D eigenvalue weighted by molar-refractivity contribution is 5.84. The van der Waals surface area contributed by atoms with Gasteiger partial charge in [0.2, 0.25) is 5.91 Å². The quantitative estimate of drug-likeness (QED) is 0.743. The van der Waals surface area contributed by atoms with Crippen molar-refractivity contribution in [3.8, 4) is 0 Å². The van der Waals surface area contributed by atoms with Gasteiger partial charge in [-0.2, -0.15) is 0 Å². The van der Waals surface area contributed by atoms with E-state index in [4.69, 9.17) is 4.74 Å². The number of hydrogen-bond acceptors (Lipinski definition) is 4. The Morgan fingerprint density at radius 3 is 2.81 bits per heavy atom. The summed E-state index contributed by atoms with van der Waals surface area (Å²) in [5, 5.41) is 0. The van der Waals surface area contributed by atoms with Crippen LogP contribution in [0.2, 0.25) is 0 Å². The molecule has 6 heteroatoms. The minimum atomic E-state index is -0.479. The maximum Gasteiger partial charge on any atom is 0.248 e. The van der Waals surface area contributed by atoms with Crippen molar-refractivity contribution in [3.63, 3.8) is 0 Å². The lowest BCUT2D eigenvalue weighted by Crippen LogP contribution is -2.53. The molecule has 0 aromatic carbocycles. The fourth-order valence-electron chi connectivity index (χ4n) is 1.26. The second-order valence-electron chi connectivity index (χ2n) is 3.99. The van der Waals surface area contributed by atoms with Gasteiger partial charge in [-0.25, -0.2) is 9.37 Å². The Balaban J connectivity index is 1.87. The summed E-state index contributed by atoms with van der Waals surface area (Å²) >= 11 is 0. The van der Waals surface area contributed by atoms with Crippen LogP contribution in [0.4, 0.5) is 10.2 Å². The molecule has 0 atom stereocenters. The summed E-state index contributed by atoms with van der Waals surface area (Å²) in [6, 6.07) is 2.70. The first-order chi connectivity index (χ1) is 7.60. The molecular formula is C10H12FN3O2. The van der Waals surface area contributed by atoms with Crippen LogP contribution in [0.5, 0.6) is 0 Å². The number of halogens is 1. The van der Waals surface area contributed by atoms with Crippen molar-refractivity contribution in [2.24, 2.45) is 5.41 Å². The number of anilines is 1. The van der Waals surface area contributed by atoms with E-state index in [0.29, 0.717) is 19.0 Å². The highest BCUT2D eigenvalue weighted by Gasteiger charge is 2.41. The molecule has 2 N–H and O–H groups in total. The molecule has 1 fully saturated rings. The average Bonchev–Trinajstić information content (AvgIpc) is 2.24. The molecule has 1 aliphatic heterocycles. The van der Waals surface area contributed by atoms with Gasteiger partial charge in [-0.15, -0.1) is 0 Å². The Hall–Kier alpha value is -1.69. The molecule has 0 radical (unpaired) electrons. The molecule has 1 aromatic heterocycles. The van der Waals surface area contributed by atoms with Gasteiger partial charge in [0.05, 0.1) is 24.8 Å². The zero-order valence-corrected chi connectivity index (χ0v) is 8.79.